The highest BCUT2D eigenvalue weighted by molar-refractivity contribution is 5.92. The molecule has 0 unspecified atom stereocenters. The number of anilines is 1. The van der Waals surface area contributed by atoms with E-state index in [1.807, 2.05) is 24.3 Å². The van der Waals surface area contributed by atoms with Crippen molar-refractivity contribution in [3.8, 4) is 22.6 Å². The van der Waals surface area contributed by atoms with E-state index in [2.05, 4.69) is 45.2 Å². The fraction of sp³-hybridized carbons (Fsp3) is 0.269. The summed E-state index contributed by atoms with van der Waals surface area (Å²) in [6.45, 7) is 1.95. The third-order valence-electron chi connectivity index (χ3n) is 6.56. The van der Waals surface area contributed by atoms with E-state index in [-0.39, 0.29) is 12.4 Å². The quantitative estimate of drug-likeness (QED) is 0.513. The molecular formula is C26H24N4O3. The number of rotatable bonds is 4. The first kappa shape index (κ1) is 19.8. The number of nitrogens with one attached hydrogen (secondary N) is 1. The molecule has 0 bridgehead atoms. The summed E-state index contributed by atoms with van der Waals surface area (Å²) in [6.07, 6.45) is 4.93. The Kier molecular flexibility index (Phi) is 4.94. The lowest BCUT2D eigenvalue weighted by Gasteiger charge is -2.32. The first-order valence-corrected chi connectivity index (χ1v) is 11.3. The van der Waals surface area contributed by atoms with Crippen LogP contribution in [-0.4, -0.2) is 34.8 Å². The van der Waals surface area contributed by atoms with E-state index in [1.54, 1.807) is 6.20 Å². The van der Waals surface area contributed by atoms with Gasteiger partial charge in [-0.2, -0.15) is 4.98 Å². The van der Waals surface area contributed by atoms with Gasteiger partial charge >= 0.3 is 0 Å². The summed E-state index contributed by atoms with van der Waals surface area (Å²) in [5.41, 5.74) is 3.31. The van der Waals surface area contributed by atoms with Crippen LogP contribution in [0.3, 0.4) is 0 Å². The normalized spacial score (nSPS) is 15.8. The van der Waals surface area contributed by atoms with E-state index >= 15 is 0 Å². The number of pyridine rings is 1. The minimum atomic E-state index is -0.179. The van der Waals surface area contributed by atoms with Gasteiger partial charge in [0.2, 0.25) is 12.7 Å². The van der Waals surface area contributed by atoms with Crippen molar-refractivity contribution in [3.05, 3.63) is 76.7 Å². The molecule has 7 heteroatoms. The van der Waals surface area contributed by atoms with Crippen molar-refractivity contribution in [2.75, 3.05) is 24.8 Å². The zero-order valence-electron chi connectivity index (χ0n) is 18.2. The van der Waals surface area contributed by atoms with Crippen LogP contribution in [0.25, 0.3) is 22.2 Å². The average Bonchev–Trinajstić information content (AvgIpc) is 3.33. The molecule has 7 nitrogen and oxygen atoms in total. The number of benzene rings is 2. The molecule has 0 spiro atoms. The first-order chi connectivity index (χ1) is 16.2. The van der Waals surface area contributed by atoms with Crippen LogP contribution < -0.4 is 19.9 Å². The molecule has 2 aliphatic rings. The lowest BCUT2D eigenvalue weighted by Crippen LogP contribution is -2.36. The Morgan fingerprint density at radius 3 is 2.67 bits per heavy atom. The Balaban J connectivity index is 1.26. The van der Waals surface area contributed by atoms with Crippen molar-refractivity contribution in [2.24, 2.45) is 5.92 Å². The van der Waals surface area contributed by atoms with Crippen molar-refractivity contribution in [1.29, 1.82) is 0 Å². The maximum atomic E-state index is 13.2. The van der Waals surface area contributed by atoms with Crippen LogP contribution in [0, 0.1) is 5.92 Å². The maximum absolute atomic E-state index is 13.2. The summed E-state index contributed by atoms with van der Waals surface area (Å²) in [5, 5.41) is 0.485. The summed E-state index contributed by atoms with van der Waals surface area (Å²) < 4.78 is 10.9. The highest BCUT2D eigenvalue weighted by Gasteiger charge is 2.23. The minimum Gasteiger partial charge on any atom is -0.454 e. The van der Waals surface area contributed by atoms with E-state index in [4.69, 9.17) is 14.5 Å². The van der Waals surface area contributed by atoms with E-state index in [0.717, 1.165) is 43.5 Å². The molecule has 0 aliphatic carbocycles. The molecule has 0 atom stereocenters. The molecule has 1 N–H and O–H groups in total. The SMILES string of the molecule is O=c1[nH]c(N2CCC(Cc3ccccc3)CC2)nc2nccc(-c3ccc4c(c3)OCO4)c12. The van der Waals surface area contributed by atoms with Crippen molar-refractivity contribution < 1.29 is 9.47 Å². The van der Waals surface area contributed by atoms with Gasteiger partial charge in [0.25, 0.3) is 5.56 Å². The van der Waals surface area contributed by atoms with E-state index in [9.17, 15) is 4.79 Å². The zero-order valence-corrected chi connectivity index (χ0v) is 18.2. The van der Waals surface area contributed by atoms with Crippen LogP contribution in [0.15, 0.2) is 65.6 Å². The molecular weight excluding hydrogens is 416 g/mol. The number of nitrogens with zero attached hydrogens (tertiary/aromatic N) is 3. The van der Waals surface area contributed by atoms with Gasteiger partial charge in [-0.05, 0) is 60.1 Å². The molecule has 2 aromatic heterocycles. The van der Waals surface area contributed by atoms with Gasteiger partial charge in [0.15, 0.2) is 17.1 Å². The molecule has 0 radical (unpaired) electrons. The topological polar surface area (TPSA) is 80.3 Å². The Morgan fingerprint density at radius 1 is 1.00 bits per heavy atom. The molecule has 1 saturated heterocycles. The number of ether oxygens (including phenoxy) is 2. The smallest absolute Gasteiger partial charge is 0.262 e. The predicted molar refractivity (Wildman–Crippen MR) is 127 cm³/mol. The fourth-order valence-electron chi connectivity index (χ4n) is 4.80. The summed E-state index contributed by atoms with van der Waals surface area (Å²) in [5.74, 6) is 2.63. The van der Waals surface area contributed by atoms with Crippen LogP contribution in [0.4, 0.5) is 5.95 Å². The van der Waals surface area contributed by atoms with E-state index in [0.29, 0.717) is 34.4 Å². The Hall–Kier alpha value is -3.87. The van der Waals surface area contributed by atoms with Gasteiger partial charge in [0.05, 0.1) is 5.39 Å². The minimum absolute atomic E-state index is 0.179. The lowest BCUT2D eigenvalue weighted by atomic mass is 9.90. The summed E-state index contributed by atoms with van der Waals surface area (Å²) in [6, 6.07) is 18.1. The predicted octanol–water partition coefficient (Wildman–Crippen LogP) is 4.17. The lowest BCUT2D eigenvalue weighted by molar-refractivity contribution is 0.174. The third kappa shape index (κ3) is 3.80. The molecule has 4 heterocycles. The van der Waals surface area contributed by atoms with Gasteiger partial charge in [-0.1, -0.05) is 36.4 Å². The largest absolute Gasteiger partial charge is 0.454 e. The van der Waals surface area contributed by atoms with Gasteiger partial charge < -0.3 is 14.4 Å². The second-order valence-electron chi connectivity index (χ2n) is 8.63. The number of piperidine rings is 1. The van der Waals surface area contributed by atoms with Crippen LogP contribution in [0.2, 0.25) is 0 Å². The van der Waals surface area contributed by atoms with E-state index < -0.39 is 0 Å². The fourth-order valence-corrected chi connectivity index (χ4v) is 4.80. The molecule has 2 aliphatic heterocycles. The van der Waals surface area contributed by atoms with E-state index in [1.165, 1.54) is 5.56 Å². The number of aromatic amines is 1. The molecule has 0 saturated carbocycles. The monoisotopic (exact) mass is 440 g/mol. The zero-order chi connectivity index (χ0) is 22.2. The molecule has 166 valence electrons. The van der Waals surface area contributed by atoms with Crippen molar-refractivity contribution in [3.63, 3.8) is 0 Å². The summed E-state index contributed by atoms with van der Waals surface area (Å²) in [4.78, 5) is 27.5. The Bertz CT molecular complexity index is 1360. The van der Waals surface area contributed by atoms with Crippen LogP contribution in [0.1, 0.15) is 18.4 Å². The van der Waals surface area contributed by atoms with Gasteiger partial charge in [-0.3, -0.25) is 9.78 Å². The maximum Gasteiger partial charge on any atom is 0.262 e. The van der Waals surface area contributed by atoms with Crippen molar-refractivity contribution in [1.82, 2.24) is 15.0 Å². The standard InChI is InChI=1S/C26H24N4O3/c31-25-23-20(19-6-7-21-22(15-19)33-16-32-21)8-11-27-24(23)28-26(29-25)30-12-9-18(10-13-30)14-17-4-2-1-3-5-17/h1-8,11,15,18H,9-10,12-14,16H2,(H,27,28,29,31). The average molecular weight is 441 g/mol. The number of H-pyrrole nitrogens is 1. The molecule has 0 amide bonds. The van der Waals surface area contributed by atoms with Gasteiger partial charge in [-0.15, -0.1) is 0 Å². The van der Waals surface area contributed by atoms with Crippen LogP contribution >= 0.6 is 0 Å². The molecule has 1 fully saturated rings. The number of aromatic nitrogens is 3. The highest BCUT2D eigenvalue weighted by Crippen LogP contribution is 2.37. The molecule has 2 aromatic carbocycles. The first-order valence-electron chi connectivity index (χ1n) is 11.3. The molecule has 6 rings (SSSR count). The highest BCUT2D eigenvalue weighted by atomic mass is 16.7. The van der Waals surface area contributed by atoms with Gasteiger partial charge in [-0.25, -0.2) is 4.98 Å². The second kappa shape index (κ2) is 8.24. The Labute approximate surface area is 191 Å². The molecule has 33 heavy (non-hydrogen) atoms. The molecule has 4 aromatic rings. The number of fused-ring (bicyclic) bond motifs is 2. The summed E-state index contributed by atoms with van der Waals surface area (Å²) in [7, 11) is 0. The van der Waals surface area contributed by atoms with Crippen molar-refractivity contribution >= 4 is 17.0 Å². The van der Waals surface area contributed by atoms with Gasteiger partial charge in [0.1, 0.15) is 0 Å². The number of hydrogen-bond acceptors (Lipinski definition) is 6. The second-order valence-corrected chi connectivity index (χ2v) is 8.63. The Morgan fingerprint density at radius 2 is 1.82 bits per heavy atom. The number of hydrogen-bond donors (Lipinski definition) is 1. The third-order valence-corrected chi connectivity index (χ3v) is 6.56. The van der Waals surface area contributed by atoms with Gasteiger partial charge in [0, 0.05) is 19.3 Å². The van der Waals surface area contributed by atoms with Crippen LogP contribution in [-0.2, 0) is 6.42 Å². The summed E-state index contributed by atoms with van der Waals surface area (Å²) >= 11 is 0. The van der Waals surface area contributed by atoms with Crippen molar-refractivity contribution in [2.45, 2.75) is 19.3 Å². The van der Waals surface area contributed by atoms with Crippen LogP contribution in [0.5, 0.6) is 11.5 Å².